The Bertz CT molecular complexity index is 1100. The van der Waals surface area contributed by atoms with Crippen LogP contribution in [0.5, 0.6) is 11.6 Å². The summed E-state index contributed by atoms with van der Waals surface area (Å²) in [6.45, 7) is 4.38. The van der Waals surface area contributed by atoms with Crippen LogP contribution < -0.4 is 14.8 Å². The molecule has 3 aromatic rings. The van der Waals surface area contributed by atoms with Gasteiger partial charge in [-0.25, -0.2) is 4.68 Å². The molecule has 0 saturated heterocycles. The predicted octanol–water partition coefficient (Wildman–Crippen LogP) is 4.63. The zero-order chi connectivity index (χ0) is 23.5. The summed E-state index contributed by atoms with van der Waals surface area (Å²) in [7, 11) is 1.34. The molecule has 0 unspecified atom stereocenters. The first-order chi connectivity index (χ1) is 15.1. The second-order valence-electron chi connectivity index (χ2n) is 7.05. The molecular formula is C20H19ClF3N5O3. The van der Waals surface area contributed by atoms with Crippen molar-refractivity contribution in [1.29, 1.82) is 0 Å². The minimum atomic E-state index is -4.89. The van der Waals surface area contributed by atoms with E-state index < -0.39 is 23.3 Å². The van der Waals surface area contributed by atoms with Gasteiger partial charge in [0.15, 0.2) is 11.5 Å². The van der Waals surface area contributed by atoms with Crippen molar-refractivity contribution in [2.75, 3.05) is 19.0 Å². The predicted molar refractivity (Wildman–Crippen MR) is 110 cm³/mol. The number of carbonyl (C=O) groups is 1. The first kappa shape index (κ1) is 23.3. The fourth-order valence-electron chi connectivity index (χ4n) is 2.65. The van der Waals surface area contributed by atoms with Crippen molar-refractivity contribution in [2.45, 2.75) is 20.0 Å². The maximum Gasteiger partial charge on any atom is 0.434 e. The van der Waals surface area contributed by atoms with Gasteiger partial charge >= 0.3 is 6.18 Å². The molecule has 3 rings (SSSR count). The Hall–Kier alpha value is -3.34. The van der Waals surface area contributed by atoms with Gasteiger partial charge in [0.05, 0.1) is 30.5 Å². The number of carbonyl (C=O) groups excluding carboxylic acids is 1. The molecule has 12 heteroatoms. The summed E-state index contributed by atoms with van der Waals surface area (Å²) in [4.78, 5) is 12.6. The third kappa shape index (κ3) is 5.28. The number of hydrogen-bond acceptors (Lipinski definition) is 6. The molecule has 0 aliphatic carbocycles. The van der Waals surface area contributed by atoms with Gasteiger partial charge in [0.1, 0.15) is 5.75 Å². The number of nitrogens with zero attached hydrogens (tertiary/aromatic N) is 4. The van der Waals surface area contributed by atoms with Crippen LogP contribution in [0.4, 0.5) is 18.9 Å². The number of anilines is 1. The average Bonchev–Trinajstić information content (AvgIpc) is 3.19. The van der Waals surface area contributed by atoms with Crippen LogP contribution in [0.3, 0.4) is 0 Å². The Morgan fingerprint density at radius 2 is 1.97 bits per heavy atom. The van der Waals surface area contributed by atoms with Crippen LogP contribution in [-0.2, 0) is 6.18 Å². The molecule has 1 N–H and O–H groups in total. The van der Waals surface area contributed by atoms with Crippen molar-refractivity contribution < 1.29 is 27.4 Å². The van der Waals surface area contributed by atoms with Crippen molar-refractivity contribution in [3.05, 3.63) is 52.8 Å². The lowest BCUT2D eigenvalue weighted by atomic mass is 10.2. The number of benzene rings is 1. The monoisotopic (exact) mass is 469 g/mol. The zero-order valence-electron chi connectivity index (χ0n) is 17.3. The quantitative estimate of drug-likeness (QED) is 0.542. The molecule has 2 aromatic heterocycles. The van der Waals surface area contributed by atoms with E-state index in [0.29, 0.717) is 17.0 Å². The highest BCUT2D eigenvalue weighted by Gasteiger charge is 2.41. The first-order valence-corrected chi connectivity index (χ1v) is 9.75. The van der Waals surface area contributed by atoms with Gasteiger partial charge in [-0.1, -0.05) is 25.4 Å². The van der Waals surface area contributed by atoms with Gasteiger partial charge in [-0.15, -0.1) is 10.2 Å². The number of methoxy groups -OCH3 is 1. The summed E-state index contributed by atoms with van der Waals surface area (Å²) in [6, 6.07) is 6.97. The molecule has 0 aliphatic heterocycles. The van der Waals surface area contributed by atoms with Crippen LogP contribution in [0.25, 0.3) is 5.82 Å². The first-order valence-electron chi connectivity index (χ1n) is 9.37. The van der Waals surface area contributed by atoms with E-state index in [-0.39, 0.29) is 28.3 Å². The van der Waals surface area contributed by atoms with Gasteiger partial charge in [-0.3, -0.25) is 4.79 Å². The van der Waals surface area contributed by atoms with E-state index in [2.05, 4.69) is 20.6 Å². The zero-order valence-corrected chi connectivity index (χ0v) is 18.0. The van der Waals surface area contributed by atoms with Gasteiger partial charge in [-0.2, -0.15) is 18.3 Å². The molecule has 32 heavy (non-hydrogen) atoms. The number of ether oxygens (including phenoxy) is 2. The molecule has 2 heterocycles. The van der Waals surface area contributed by atoms with Gasteiger partial charge in [0.2, 0.25) is 5.88 Å². The number of rotatable bonds is 7. The molecular weight excluding hydrogens is 451 g/mol. The third-order valence-corrected chi connectivity index (χ3v) is 4.39. The molecule has 170 valence electrons. The Kier molecular flexibility index (Phi) is 6.87. The van der Waals surface area contributed by atoms with Crippen molar-refractivity contribution in [3.8, 4) is 17.4 Å². The smallest absolute Gasteiger partial charge is 0.434 e. The lowest BCUT2D eigenvalue weighted by Gasteiger charge is -2.13. The summed E-state index contributed by atoms with van der Waals surface area (Å²) in [5.74, 6) is -0.452. The van der Waals surface area contributed by atoms with Crippen molar-refractivity contribution >= 4 is 23.2 Å². The fourth-order valence-corrected chi connectivity index (χ4v) is 2.88. The van der Waals surface area contributed by atoms with Crippen LogP contribution in [-0.4, -0.2) is 39.6 Å². The van der Waals surface area contributed by atoms with Crippen LogP contribution in [0.15, 0.2) is 36.5 Å². The van der Waals surface area contributed by atoms with Crippen molar-refractivity contribution in [1.82, 2.24) is 20.0 Å². The van der Waals surface area contributed by atoms with E-state index in [1.807, 2.05) is 13.8 Å². The van der Waals surface area contributed by atoms with Gasteiger partial charge < -0.3 is 14.8 Å². The third-order valence-electron chi connectivity index (χ3n) is 4.10. The van der Waals surface area contributed by atoms with E-state index in [1.54, 1.807) is 0 Å². The fraction of sp³-hybridized carbons (Fsp3) is 0.300. The maximum atomic E-state index is 13.8. The van der Waals surface area contributed by atoms with Crippen molar-refractivity contribution in [3.63, 3.8) is 0 Å². The Labute approximate surface area is 186 Å². The summed E-state index contributed by atoms with van der Waals surface area (Å²) in [5.41, 5.74) is -1.79. The molecule has 0 atom stereocenters. The average molecular weight is 470 g/mol. The lowest BCUT2D eigenvalue weighted by Crippen LogP contribution is -2.21. The summed E-state index contributed by atoms with van der Waals surface area (Å²) in [6.07, 6.45) is -4.08. The maximum absolute atomic E-state index is 13.8. The molecule has 1 amide bonds. The molecule has 0 saturated carbocycles. The second kappa shape index (κ2) is 9.43. The molecule has 0 fully saturated rings. The molecule has 0 aliphatic rings. The van der Waals surface area contributed by atoms with Crippen LogP contribution >= 0.6 is 11.6 Å². The van der Waals surface area contributed by atoms with Crippen LogP contribution in [0.2, 0.25) is 5.02 Å². The Morgan fingerprint density at radius 1 is 1.22 bits per heavy atom. The highest BCUT2D eigenvalue weighted by Crippen LogP contribution is 2.34. The number of nitrogens with one attached hydrogen (secondary N) is 1. The van der Waals surface area contributed by atoms with Crippen molar-refractivity contribution in [2.24, 2.45) is 5.92 Å². The second-order valence-corrected chi connectivity index (χ2v) is 7.46. The molecule has 0 spiro atoms. The number of amides is 1. The van der Waals surface area contributed by atoms with E-state index in [0.717, 1.165) is 6.20 Å². The normalized spacial score (nSPS) is 11.5. The number of alkyl halides is 3. The standard InChI is InChI=1S/C20H19ClF3N5O3/c1-11(2)10-32-15-5-4-12(8-14(15)21)26-19(30)13-9-25-29(18(13)20(22,23)24)16-6-7-17(31-3)28-27-16/h4-9,11H,10H2,1-3H3,(H,26,30). The molecule has 0 bridgehead atoms. The number of halogens is 4. The highest BCUT2D eigenvalue weighted by atomic mass is 35.5. The molecule has 1 aromatic carbocycles. The largest absolute Gasteiger partial charge is 0.492 e. The highest BCUT2D eigenvalue weighted by molar-refractivity contribution is 6.32. The number of aromatic nitrogens is 4. The topological polar surface area (TPSA) is 91.2 Å². The van der Waals surface area contributed by atoms with Gasteiger partial charge in [-0.05, 0) is 30.2 Å². The van der Waals surface area contributed by atoms with E-state index in [1.165, 1.54) is 37.4 Å². The lowest BCUT2D eigenvalue weighted by molar-refractivity contribution is -0.143. The number of hydrogen-bond donors (Lipinski definition) is 1. The Morgan fingerprint density at radius 3 is 2.53 bits per heavy atom. The van der Waals surface area contributed by atoms with Crippen LogP contribution in [0, 0.1) is 5.92 Å². The summed E-state index contributed by atoms with van der Waals surface area (Å²) >= 11 is 6.16. The van der Waals surface area contributed by atoms with E-state index in [9.17, 15) is 18.0 Å². The SMILES string of the molecule is COc1ccc(-n2ncc(C(=O)Nc3ccc(OCC(C)C)c(Cl)c3)c2C(F)(F)F)nn1. The summed E-state index contributed by atoms with van der Waals surface area (Å²) in [5, 5.41) is 13.6. The van der Waals surface area contributed by atoms with E-state index in [4.69, 9.17) is 21.1 Å². The minimum absolute atomic E-state index is 0.116. The van der Waals surface area contributed by atoms with E-state index >= 15 is 0 Å². The van der Waals surface area contributed by atoms with Gasteiger partial charge in [0, 0.05) is 11.8 Å². The molecule has 8 nitrogen and oxygen atoms in total. The van der Waals surface area contributed by atoms with Crippen LogP contribution in [0.1, 0.15) is 29.9 Å². The minimum Gasteiger partial charge on any atom is -0.492 e. The molecule has 0 radical (unpaired) electrons. The Balaban J connectivity index is 1.88. The van der Waals surface area contributed by atoms with Gasteiger partial charge in [0.25, 0.3) is 5.91 Å². The summed E-state index contributed by atoms with van der Waals surface area (Å²) < 4.78 is 52.3.